The summed E-state index contributed by atoms with van der Waals surface area (Å²) in [6, 6.07) is 2.74. The predicted molar refractivity (Wildman–Crippen MR) is 74.0 cm³/mol. The van der Waals surface area contributed by atoms with E-state index in [0.717, 1.165) is 32.1 Å². The van der Waals surface area contributed by atoms with Crippen LogP contribution in [0.25, 0.3) is 0 Å². The van der Waals surface area contributed by atoms with Crippen LogP contribution in [0.3, 0.4) is 0 Å². The zero-order valence-corrected chi connectivity index (χ0v) is 11.7. The second-order valence-electron chi connectivity index (χ2n) is 4.73. The lowest BCUT2D eigenvalue weighted by molar-refractivity contribution is 0.0916. The van der Waals surface area contributed by atoms with Crippen molar-refractivity contribution >= 4 is 18.3 Å². The highest BCUT2D eigenvalue weighted by atomic mass is 35.5. The number of amides is 1. The second-order valence-corrected chi connectivity index (χ2v) is 4.73. The Hall–Kier alpha value is -1.20. The Balaban J connectivity index is 0.00000180. The molecule has 1 amide bonds. The molecule has 4 nitrogen and oxygen atoms in total. The Kier molecular flexibility index (Phi) is 6.18. The lowest BCUT2D eigenvalue weighted by Crippen LogP contribution is -2.44. The molecule has 2 unspecified atom stereocenters. The normalized spacial score (nSPS) is 20.2. The van der Waals surface area contributed by atoms with Gasteiger partial charge in [0.05, 0.1) is 6.20 Å². The summed E-state index contributed by atoms with van der Waals surface area (Å²) in [6.45, 7) is 3.98. The van der Waals surface area contributed by atoms with Crippen LogP contribution in [0.4, 0.5) is 4.39 Å². The summed E-state index contributed by atoms with van der Waals surface area (Å²) >= 11 is 0. The van der Waals surface area contributed by atoms with Crippen molar-refractivity contribution < 1.29 is 9.18 Å². The lowest BCUT2D eigenvalue weighted by atomic mass is 9.93. The van der Waals surface area contributed by atoms with Crippen molar-refractivity contribution in [2.75, 3.05) is 13.1 Å². The molecule has 2 heterocycles. The maximum atomic E-state index is 12.7. The number of halogens is 2. The third-order valence-electron chi connectivity index (χ3n) is 3.36. The molecule has 1 aliphatic rings. The van der Waals surface area contributed by atoms with Gasteiger partial charge in [-0.3, -0.25) is 4.79 Å². The third-order valence-corrected chi connectivity index (χ3v) is 3.36. The van der Waals surface area contributed by atoms with Crippen LogP contribution in [0.2, 0.25) is 0 Å². The summed E-state index contributed by atoms with van der Waals surface area (Å²) < 4.78 is 12.7. The van der Waals surface area contributed by atoms with E-state index < -0.39 is 5.82 Å². The Morgan fingerprint density at radius 3 is 2.95 bits per heavy atom. The summed E-state index contributed by atoms with van der Waals surface area (Å²) in [4.78, 5) is 15.7. The average molecular weight is 288 g/mol. The molecule has 0 aromatic carbocycles. The van der Waals surface area contributed by atoms with Crippen LogP contribution in [0.5, 0.6) is 0 Å². The third kappa shape index (κ3) is 4.44. The van der Waals surface area contributed by atoms with Crippen molar-refractivity contribution in [1.29, 1.82) is 0 Å². The molecule has 1 fully saturated rings. The summed E-state index contributed by atoms with van der Waals surface area (Å²) in [5.41, 5.74) is 0.256. The van der Waals surface area contributed by atoms with Gasteiger partial charge >= 0.3 is 0 Å². The number of pyridine rings is 1. The van der Waals surface area contributed by atoms with E-state index in [0.29, 0.717) is 5.92 Å². The van der Waals surface area contributed by atoms with Gasteiger partial charge in [0.2, 0.25) is 0 Å². The number of nitrogens with zero attached hydrogens (tertiary/aromatic N) is 1. The molecular weight excluding hydrogens is 269 g/mol. The molecule has 1 aliphatic heterocycles. The molecule has 1 aromatic rings. The summed E-state index contributed by atoms with van der Waals surface area (Å²) in [5.74, 6) is -0.229. The Bertz CT molecular complexity index is 407. The first-order valence-corrected chi connectivity index (χ1v) is 6.30. The van der Waals surface area contributed by atoms with Crippen LogP contribution in [-0.2, 0) is 0 Å². The predicted octanol–water partition coefficient (Wildman–Crippen LogP) is 1.76. The van der Waals surface area contributed by atoms with Crippen molar-refractivity contribution in [3.8, 4) is 0 Å². The number of aromatic nitrogens is 1. The second kappa shape index (κ2) is 7.40. The molecule has 0 saturated carbocycles. The van der Waals surface area contributed by atoms with Crippen molar-refractivity contribution in [1.82, 2.24) is 15.6 Å². The van der Waals surface area contributed by atoms with Crippen LogP contribution >= 0.6 is 12.4 Å². The van der Waals surface area contributed by atoms with Gasteiger partial charge in [0.25, 0.3) is 5.91 Å². The van der Waals surface area contributed by atoms with Gasteiger partial charge in [-0.15, -0.1) is 12.4 Å². The first kappa shape index (κ1) is 15.9. The summed E-state index contributed by atoms with van der Waals surface area (Å²) in [5, 5.41) is 6.24. The van der Waals surface area contributed by atoms with Crippen molar-refractivity contribution in [3.63, 3.8) is 0 Å². The molecule has 1 aromatic heterocycles. The van der Waals surface area contributed by atoms with Crippen molar-refractivity contribution in [2.45, 2.75) is 25.8 Å². The largest absolute Gasteiger partial charge is 0.348 e. The van der Waals surface area contributed by atoms with E-state index in [1.807, 2.05) is 6.92 Å². The maximum Gasteiger partial charge on any atom is 0.270 e. The van der Waals surface area contributed by atoms with Gasteiger partial charge in [-0.1, -0.05) is 0 Å². The van der Waals surface area contributed by atoms with E-state index >= 15 is 0 Å². The number of carbonyl (C=O) groups is 1. The number of hydrogen-bond acceptors (Lipinski definition) is 3. The van der Waals surface area contributed by atoms with E-state index in [9.17, 15) is 9.18 Å². The molecule has 6 heteroatoms. The fourth-order valence-electron chi connectivity index (χ4n) is 2.21. The van der Waals surface area contributed by atoms with E-state index in [4.69, 9.17) is 0 Å². The topological polar surface area (TPSA) is 54.0 Å². The highest BCUT2D eigenvalue weighted by molar-refractivity contribution is 5.92. The molecule has 0 bridgehead atoms. The monoisotopic (exact) mass is 287 g/mol. The Labute approximate surface area is 118 Å². The maximum absolute atomic E-state index is 12.7. The Morgan fingerprint density at radius 1 is 1.58 bits per heavy atom. The number of carbonyl (C=O) groups excluding carboxylic acids is 1. The first-order valence-electron chi connectivity index (χ1n) is 6.30. The standard InChI is InChI=1S/C13H18FN3O.ClH/c1-9(10-3-2-6-15-7-10)17-13(18)12-5-4-11(14)8-16-12;/h4-5,8-10,15H,2-3,6-7H2,1H3,(H,17,18);1H. The minimum Gasteiger partial charge on any atom is -0.348 e. The molecule has 2 atom stereocenters. The first-order chi connectivity index (χ1) is 8.66. The fraction of sp³-hybridized carbons (Fsp3) is 0.538. The molecular formula is C13H19ClFN3O. The zero-order chi connectivity index (χ0) is 13.0. The van der Waals surface area contributed by atoms with E-state index in [-0.39, 0.29) is 30.0 Å². The number of rotatable bonds is 3. The lowest BCUT2D eigenvalue weighted by Gasteiger charge is -2.28. The number of piperidine rings is 1. The fourth-order valence-corrected chi connectivity index (χ4v) is 2.21. The molecule has 19 heavy (non-hydrogen) atoms. The van der Waals surface area contributed by atoms with Gasteiger partial charge in [0.1, 0.15) is 11.5 Å². The highest BCUT2D eigenvalue weighted by Crippen LogP contribution is 2.14. The van der Waals surface area contributed by atoms with Gasteiger partial charge in [0.15, 0.2) is 0 Å². The minimum absolute atomic E-state index is 0. The summed E-state index contributed by atoms with van der Waals surface area (Å²) in [7, 11) is 0. The van der Waals surface area contributed by atoms with Crippen LogP contribution in [0.1, 0.15) is 30.3 Å². The van der Waals surface area contributed by atoms with Crippen LogP contribution < -0.4 is 10.6 Å². The van der Waals surface area contributed by atoms with Gasteiger partial charge < -0.3 is 10.6 Å². The number of hydrogen-bond donors (Lipinski definition) is 2. The Morgan fingerprint density at radius 2 is 2.37 bits per heavy atom. The van der Waals surface area contributed by atoms with Crippen LogP contribution in [0.15, 0.2) is 18.3 Å². The van der Waals surface area contributed by atoms with Gasteiger partial charge in [-0.2, -0.15) is 0 Å². The molecule has 1 saturated heterocycles. The van der Waals surface area contributed by atoms with Crippen LogP contribution in [0, 0.1) is 11.7 Å². The molecule has 2 N–H and O–H groups in total. The zero-order valence-electron chi connectivity index (χ0n) is 10.9. The smallest absolute Gasteiger partial charge is 0.270 e. The molecule has 0 spiro atoms. The minimum atomic E-state index is -0.434. The summed E-state index contributed by atoms with van der Waals surface area (Å²) in [6.07, 6.45) is 3.31. The van der Waals surface area contributed by atoms with Gasteiger partial charge in [-0.25, -0.2) is 9.37 Å². The van der Waals surface area contributed by atoms with E-state index in [1.54, 1.807) is 0 Å². The quantitative estimate of drug-likeness (QED) is 0.891. The SMILES string of the molecule is CC(NC(=O)c1ccc(F)cn1)C1CCCNC1.Cl. The van der Waals surface area contributed by atoms with Crippen molar-refractivity contribution in [3.05, 3.63) is 29.8 Å². The van der Waals surface area contributed by atoms with E-state index in [1.165, 1.54) is 12.1 Å². The van der Waals surface area contributed by atoms with E-state index in [2.05, 4.69) is 15.6 Å². The molecule has 0 aliphatic carbocycles. The van der Waals surface area contributed by atoms with Gasteiger partial charge in [0, 0.05) is 6.04 Å². The highest BCUT2D eigenvalue weighted by Gasteiger charge is 2.21. The molecule has 2 rings (SSSR count). The van der Waals surface area contributed by atoms with Gasteiger partial charge in [-0.05, 0) is 50.9 Å². The van der Waals surface area contributed by atoms with Crippen LogP contribution in [-0.4, -0.2) is 30.0 Å². The molecule has 0 radical (unpaired) electrons. The van der Waals surface area contributed by atoms with Crippen molar-refractivity contribution in [2.24, 2.45) is 5.92 Å². The molecule has 106 valence electrons. The average Bonchev–Trinajstić information content (AvgIpc) is 2.40. The number of nitrogens with one attached hydrogen (secondary N) is 2.